The molecule has 8 nitrogen and oxygen atoms in total. The molecule has 0 aromatic heterocycles. The van der Waals surface area contributed by atoms with E-state index >= 15 is 0 Å². The van der Waals surface area contributed by atoms with Gasteiger partial charge in [-0.1, -0.05) is 33.6 Å². The van der Waals surface area contributed by atoms with Gasteiger partial charge in [0.15, 0.2) is 0 Å². The molecule has 0 radical (unpaired) electrons. The van der Waals surface area contributed by atoms with Crippen LogP contribution in [0.4, 0.5) is 0 Å². The average molecular weight is 597 g/mol. The Bertz CT molecular complexity index is 1050. The van der Waals surface area contributed by atoms with Crippen molar-refractivity contribution in [2.75, 3.05) is 46.4 Å². The molecule has 202 valence electrons. The number of carbonyl (C=O) groups is 1. The quantitative estimate of drug-likeness (QED) is 0.300. The zero-order chi connectivity index (χ0) is 26.2. The van der Waals surface area contributed by atoms with E-state index in [9.17, 15) is 9.90 Å². The molecule has 2 aliphatic rings. The highest BCUT2D eigenvalue weighted by Crippen LogP contribution is 2.27. The number of rotatable bonds is 13. The van der Waals surface area contributed by atoms with E-state index in [2.05, 4.69) is 26.6 Å². The summed E-state index contributed by atoms with van der Waals surface area (Å²) in [6.45, 7) is 5.58. The van der Waals surface area contributed by atoms with Gasteiger partial charge in [0, 0.05) is 40.6 Å². The largest absolute Gasteiger partial charge is 0.491 e. The molecule has 0 amide bonds. The van der Waals surface area contributed by atoms with E-state index in [4.69, 9.17) is 25.8 Å². The maximum atomic E-state index is 11.3. The van der Waals surface area contributed by atoms with Gasteiger partial charge in [0.25, 0.3) is 0 Å². The number of carboxylic acids is 1. The van der Waals surface area contributed by atoms with Crippen LogP contribution < -0.4 is 20.1 Å². The summed E-state index contributed by atoms with van der Waals surface area (Å²) in [6.07, 6.45) is 1.58. The first-order valence-corrected chi connectivity index (χ1v) is 13.8. The summed E-state index contributed by atoms with van der Waals surface area (Å²) in [4.78, 5) is 13.1. The Kier molecular flexibility index (Phi) is 10.5. The molecule has 2 aliphatic heterocycles. The Balaban J connectivity index is 1.33. The SMILES string of the molecule is CN1CC(OCCOc2cc(CNCC3CCNC3)cc(OCc3ccc(Cl)cc3Br)c2)CC1C(=O)O. The monoisotopic (exact) mass is 595 g/mol. The van der Waals surface area contributed by atoms with Crippen LogP contribution in [0.5, 0.6) is 11.5 Å². The molecule has 0 aliphatic carbocycles. The number of aliphatic carboxylic acids is 1. The van der Waals surface area contributed by atoms with Gasteiger partial charge in [0.05, 0.1) is 12.7 Å². The van der Waals surface area contributed by atoms with Crippen molar-refractivity contribution >= 4 is 33.5 Å². The number of ether oxygens (including phenoxy) is 3. The van der Waals surface area contributed by atoms with Crippen molar-refractivity contribution in [3.8, 4) is 11.5 Å². The van der Waals surface area contributed by atoms with E-state index in [1.54, 1.807) is 0 Å². The third kappa shape index (κ3) is 8.56. The van der Waals surface area contributed by atoms with Gasteiger partial charge < -0.3 is 30.0 Å². The first kappa shape index (κ1) is 28.1. The van der Waals surface area contributed by atoms with Crippen molar-refractivity contribution < 1.29 is 24.1 Å². The molecule has 2 aromatic carbocycles. The van der Waals surface area contributed by atoms with Crippen LogP contribution in [0.1, 0.15) is 24.0 Å². The molecular formula is C27H35BrClN3O5. The van der Waals surface area contributed by atoms with Crippen molar-refractivity contribution in [1.82, 2.24) is 15.5 Å². The normalized spacial score (nSPS) is 21.9. The predicted octanol–water partition coefficient (Wildman–Crippen LogP) is 3.93. The molecule has 4 rings (SSSR count). The summed E-state index contributed by atoms with van der Waals surface area (Å²) in [6, 6.07) is 11.1. The Morgan fingerprint density at radius 2 is 2.03 bits per heavy atom. The fourth-order valence-corrected chi connectivity index (χ4v) is 5.54. The molecule has 10 heteroatoms. The number of hydrogen-bond donors (Lipinski definition) is 3. The number of nitrogens with zero attached hydrogens (tertiary/aromatic N) is 1. The van der Waals surface area contributed by atoms with Gasteiger partial charge in [0.1, 0.15) is 30.8 Å². The third-order valence-electron chi connectivity index (χ3n) is 6.77. The Labute approximate surface area is 231 Å². The van der Waals surface area contributed by atoms with Gasteiger partial charge in [-0.05, 0) is 68.8 Å². The maximum Gasteiger partial charge on any atom is 0.321 e. The standard InChI is InChI=1S/C27H35BrClN3O5/c1-32-16-24(12-26(32)27(33)34)36-7-6-35-22-8-19(15-31-14-18-4-5-30-13-18)9-23(11-22)37-17-20-2-3-21(29)10-25(20)28/h2-3,8-11,18,24,26,30-31H,4-7,12-17H2,1H3,(H,33,34). The van der Waals surface area contributed by atoms with E-state index in [0.29, 0.717) is 49.5 Å². The van der Waals surface area contributed by atoms with E-state index in [1.807, 2.05) is 48.3 Å². The van der Waals surface area contributed by atoms with Crippen LogP contribution >= 0.6 is 27.5 Å². The Hall–Kier alpha value is -1.88. The summed E-state index contributed by atoms with van der Waals surface area (Å²) in [5.74, 6) is 1.28. The average Bonchev–Trinajstić information content (AvgIpc) is 3.51. The zero-order valence-electron chi connectivity index (χ0n) is 21.1. The van der Waals surface area contributed by atoms with Crippen molar-refractivity contribution in [3.05, 3.63) is 57.0 Å². The molecule has 0 bridgehead atoms. The summed E-state index contributed by atoms with van der Waals surface area (Å²) in [5.41, 5.74) is 2.08. The minimum absolute atomic E-state index is 0.105. The van der Waals surface area contributed by atoms with E-state index in [0.717, 1.165) is 47.5 Å². The third-order valence-corrected chi connectivity index (χ3v) is 7.75. The van der Waals surface area contributed by atoms with Gasteiger partial charge >= 0.3 is 5.97 Å². The van der Waals surface area contributed by atoms with Gasteiger partial charge in [0.2, 0.25) is 0 Å². The molecule has 2 fully saturated rings. The number of likely N-dealkylation sites (N-methyl/N-ethyl adjacent to an activating group) is 1. The minimum atomic E-state index is -0.808. The lowest BCUT2D eigenvalue weighted by molar-refractivity contribution is -0.141. The van der Waals surface area contributed by atoms with Crippen molar-refractivity contribution in [2.24, 2.45) is 5.92 Å². The maximum absolute atomic E-state index is 11.3. The molecule has 0 spiro atoms. The highest BCUT2D eigenvalue weighted by molar-refractivity contribution is 9.10. The van der Waals surface area contributed by atoms with Crippen LogP contribution in [-0.2, 0) is 22.7 Å². The van der Waals surface area contributed by atoms with Gasteiger partial charge in [-0.15, -0.1) is 0 Å². The van der Waals surface area contributed by atoms with Crippen molar-refractivity contribution in [3.63, 3.8) is 0 Å². The fourth-order valence-electron chi connectivity index (χ4n) is 4.74. The van der Waals surface area contributed by atoms with Gasteiger partial charge in [-0.3, -0.25) is 9.69 Å². The second-order valence-corrected chi connectivity index (χ2v) is 11.0. The Morgan fingerprint density at radius 3 is 2.73 bits per heavy atom. The topological polar surface area (TPSA) is 92.3 Å². The molecule has 3 atom stereocenters. The summed E-state index contributed by atoms with van der Waals surface area (Å²) < 4.78 is 18.9. The number of nitrogens with one attached hydrogen (secondary N) is 2. The van der Waals surface area contributed by atoms with E-state index in [-0.39, 0.29) is 6.10 Å². The van der Waals surface area contributed by atoms with Crippen molar-refractivity contribution in [1.29, 1.82) is 0 Å². The second kappa shape index (κ2) is 13.8. The first-order valence-electron chi connectivity index (χ1n) is 12.7. The summed E-state index contributed by atoms with van der Waals surface area (Å²) in [7, 11) is 1.81. The van der Waals surface area contributed by atoms with Crippen LogP contribution in [0.15, 0.2) is 40.9 Å². The summed E-state index contributed by atoms with van der Waals surface area (Å²) in [5, 5.41) is 16.9. The number of hydrogen-bond acceptors (Lipinski definition) is 7. The lowest BCUT2D eigenvalue weighted by Crippen LogP contribution is -2.32. The number of carboxylic acid groups (broad SMARTS) is 1. The first-order chi connectivity index (χ1) is 17.9. The number of halogens is 2. The molecule has 37 heavy (non-hydrogen) atoms. The number of likely N-dealkylation sites (tertiary alicyclic amines) is 1. The molecular weight excluding hydrogens is 562 g/mol. The lowest BCUT2D eigenvalue weighted by atomic mass is 10.1. The van der Waals surface area contributed by atoms with E-state index in [1.165, 1.54) is 6.42 Å². The van der Waals surface area contributed by atoms with Crippen LogP contribution in [0.2, 0.25) is 5.02 Å². The fraction of sp³-hybridized carbons (Fsp3) is 0.519. The van der Waals surface area contributed by atoms with E-state index < -0.39 is 12.0 Å². The zero-order valence-corrected chi connectivity index (χ0v) is 23.4. The van der Waals surface area contributed by atoms with Gasteiger partial charge in [-0.25, -0.2) is 0 Å². The Morgan fingerprint density at radius 1 is 1.22 bits per heavy atom. The van der Waals surface area contributed by atoms with Crippen LogP contribution in [0.25, 0.3) is 0 Å². The second-order valence-electron chi connectivity index (χ2n) is 9.70. The molecule has 3 N–H and O–H groups in total. The molecule has 2 saturated heterocycles. The molecule has 2 aromatic rings. The van der Waals surface area contributed by atoms with Crippen LogP contribution in [0.3, 0.4) is 0 Å². The molecule has 0 saturated carbocycles. The van der Waals surface area contributed by atoms with Crippen LogP contribution in [0, 0.1) is 5.92 Å². The van der Waals surface area contributed by atoms with Crippen LogP contribution in [-0.4, -0.2) is 74.6 Å². The smallest absolute Gasteiger partial charge is 0.321 e. The minimum Gasteiger partial charge on any atom is -0.491 e. The predicted molar refractivity (Wildman–Crippen MR) is 147 cm³/mol. The highest BCUT2D eigenvalue weighted by Gasteiger charge is 2.34. The highest BCUT2D eigenvalue weighted by atomic mass is 79.9. The van der Waals surface area contributed by atoms with Crippen molar-refractivity contribution in [2.45, 2.75) is 38.1 Å². The molecule has 2 heterocycles. The number of benzene rings is 2. The summed E-state index contributed by atoms with van der Waals surface area (Å²) >= 11 is 9.61. The lowest BCUT2D eigenvalue weighted by Gasteiger charge is -2.16. The molecule has 3 unspecified atom stereocenters. The van der Waals surface area contributed by atoms with Gasteiger partial charge in [-0.2, -0.15) is 0 Å².